The fraction of sp³-hybridized carbons (Fsp3) is 0.208. The monoisotopic (exact) mass is 436 g/mol. The van der Waals surface area contributed by atoms with Gasteiger partial charge in [-0.2, -0.15) is 4.31 Å². The first-order valence-electron chi connectivity index (χ1n) is 10.2. The predicted molar refractivity (Wildman–Crippen MR) is 120 cm³/mol. The highest BCUT2D eigenvalue weighted by atomic mass is 32.2. The molecule has 160 valence electrons. The van der Waals surface area contributed by atoms with Gasteiger partial charge in [-0.25, -0.2) is 8.42 Å². The fourth-order valence-corrected chi connectivity index (χ4v) is 4.96. The molecule has 4 rings (SSSR count). The molecule has 0 radical (unpaired) electrons. The predicted octanol–water partition coefficient (Wildman–Crippen LogP) is 4.82. The van der Waals surface area contributed by atoms with E-state index >= 15 is 0 Å². The molecule has 1 amide bonds. The number of hydrogen-bond donors (Lipinski definition) is 1. The van der Waals surface area contributed by atoms with E-state index < -0.39 is 10.0 Å². The van der Waals surface area contributed by atoms with Crippen LogP contribution in [0, 0.1) is 6.92 Å². The molecule has 0 aromatic heterocycles. The zero-order valence-corrected chi connectivity index (χ0v) is 18.1. The number of para-hydroxylation sites is 2. The number of nitrogens with one attached hydrogen (secondary N) is 1. The third-order valence-electron chi connectivity index (χ3n) is 5.20. The molecule has 6 nitrogen and oxygen atoms in total. The van der Waals surface area contributed by atoms with Gasteiger partial charge in [0.05, 0.1) is 10.6 Å². The fourth-order valence-electron chi connectivity index (χ4n) is 3.44. The van der Waals surface area contributed by atoms with Crippen LogP contribution >= 0.6 is 0 Å². The summed E-state index contributed by atoms with van der Waals surface area (Å²) in [6, 6.07) is 20.8. The lowest BCUT2D eigenvalue weighted by Gasteiger charge is -2.16. The summed E-state index contributed by atoms with van der Waals surface area (Å²) in [4.78, 5) is 13.0. The maximum absolute atomic E-state index is 12.8. The molecule has 1 aliphatic rings. The second kappa shape index (κ2) is 8.91. The highest BCUT2D eigenvalue weighted by Crippen LogP contribution is 2.30. The summed E-state index contributed by atoms with van der Waals surface area (Å²) < 4.78 is 32.7. The highest BCUT2D eigenvalue weighted by molar-refractivity contribution is 7.89. The van der Waals surface area contributed by atoms with Gasteiger partial charge in [0.1, 0.15) is 5.75 Å². The molecule has 3 aromatic carbocycles. The number of carbonyl (C=O) groups excluding carboxylic acids is 1. The number of amides is 1. The maximum atomic E-state index is 12.8. The van der Waals surface area contributed by atoms with Gasteiger partial charge in [-0.3, -0.25) is 4.79 Å². The smallest absolute Gasteiger partial charge is 0.255 e. The van der Waals surface area contributed by atoms with Crippen LogP contribution in [0.15, 0.2) is 77.7 Å². The van der Waals surface area contributed by atoms with E-state index in [-0.39, 0.29) is 10.8 Å². The van der Waals surface area contributed by atoms with Crippen molar-refractivity contribution >= 4 is 21.6 Å². The van der Waals surface area contributed by atoms with Crippen molar-refractivity contribution < 1.29 is 17.9 Å². The zero-order chi connectivity index (χ0) is 21.8. The Morgan fingerprint density at radius 3 is 2.23 bits per heavy atom. The lowest BCUT2D eigenvalue weighted by molar-refractivity contribution is 0.102. The second-order valence-corrected chi connectivity index (χ2v) is 9.44. The summed E-state index contributed by atoms with van der Waals surface area (Å²) in [6.07, 6.45) is 1.76. The van der Waals surface area contributed by atoms with Crippen LogP contribution in [0.5, 0.6) is 11.5 Å². The summed E-state index contributed by atoms with van der Waals surface area (Å²) in [5, 5.41) is 2.85. The molecule has 0 saturated carbocycles. The van der Waals surface area contributed by atoms with Crippen LogP contribution in [0.1, 0.15) is 28.8 Å². The molecular formula is C24H24N2O4S. The Kier molecular flexibility index (Phi) is 6.06. The Labute approximate surface area is 182 Å². The average molecular weight is 437 g/mol. The van der Waals surface area contributed by atoms with Crippen molar-refractivity contribution in [3.63, 3.8) is 0 Å². The van der Waals surface area contributed by atoms with Crippen LogP contribution in [0.4, 0.5) is 5.69 Å². The number of ether oxygens (including phenoxy) is 1. The maximum Gasteiger partial charge on any atom is 0.255 e. The lowest BCUT2D eigenvalue weighted by atomic mass is 10.2. The van der Waals surface area contributed by atoms with Crippen molar-refractivity contribution in [1.82, 2.24) is 4.31 Å². The van der Waals surface area contributed by atoms with Crippen molar-refractivity contribution in [1.29, 1.82) is 0 Å². The van der Waals surface area contributed by atoms with E-state index in [1.54, 1.807) is 12.1 Å². The van der Waals surface area contributed by atoms with Crippen LogP contribution in [-0.4, -0.2) is 31.7 Å². The van der Waals surface area contributed by atoms with Crippen LogP contribution in [0.2, 0.25) is 0 Å². The summed E-state index contributed by atoms with van der Waals surface area (Å²) >= 11 is 0. The third kappa shape index (κ3) is 4.78. The Balaban J connectivity index is 1.49. The number of sulfonamides is 1. The van der Waals surface area contributed by atoms with Crippen LogP contribution < -0.4 is 10.1 Å². The molecule has 31 heavy (non-hydrogen) atoms. The molecule has 0 spiro atoms. The van der Waals surface area contributed by atoms with Crippen LogP contribution in [0.25, 0.3) is 0 Å². The van der Waals surface area contributed by atoms with E-state index in [4.69, 9.17) is 4.74 Å². The minimum absolute atomic E-state index is 0.203. The number of rotatable bonds is 6. The molecule has 3 aromatic rings. The summed E-state index contributed by atoms with van der Waals surface area (Å²) in [6.45, 7) is 3.09. The standard InChI is InChI=1S/C24H24N2O4S/c1-18-8-12-20(13-9-18)30-23-7-3-2-6-22(23)25-24(27)19-10-14-21(15-11-19)31(28,29)26-16-4-5-17-26/h2-3,6-15H,4-5,16-17H2,1H3,(H,25,27). The molecule has 1 N–H and O–H groups in total. The minimum Gasteiger partial charge on any atom is -0.455 e. The van der Waals surface area contributed by atoms with Crippen LogP contribution in [0.3, 0.4) is 0 Å². The van der Waals surface area contributed by atoms with Gasteiger partial charge in [0.2, 0.25) is 10.0 Å². The van der Waals surface area contributed by atoms with Crippen molar-refractivity contribution in [2.24, 2.45) is 0 Å². The molecule has 1 aliphatic heterocycles. The lowest BCUT2D eigenvalue weighted by Crippen LogP contribution is -2.27. The van der Waals surface area contributed by atoms with Gasteiger partial charge >= 0.3 is 0 Å². The summed E-state index contributed by atoms with van der Waals surface area (Å²) in [7, 11) is -3.50. The van der Waals surface area contributed by atoms with Gasteiger partial charge in [-0.05, 0) is 68.3 Å². The first-order valence-corrected chi connectivity index (χ1v) is 11.6. The molecule has 1 fully saturated rings. The van der Waals surface area contributed by atoms with Gasteiger partial charge in [0.15, 0.2) is 5.75 Å². The highest BCUT2D eigenvalue weighted by Gasteiger charge is 2.27. The van der Waals surface area contributed by atoms with Gasteiger partial charge in [0, 0.05) is 18.7 Å². The average Bonchev–Trinajstić information content (AvgIpc) is 3.33. The quantitative estimate of drug-likeness (QED) is 0.601. The molecular weight excluding hydrogens is 412 g/mol. The molecule has 1 heterocycles. The number of nitrogens with zero attached hydrogens (tertiary/aromatic N) is 1. The van der Waals surface area contributed by atoms with E-state index in [1.807, 2.05) is 43.3 Å². The Hall–Kier alpha value is -3.16. The molecule has 7 heteroatoms. The van der Waals surface area contributed by atoms with Crippen molar-refractivity contribution in [2.45, 2.75) is 24.7 Å². The molecule has 1 saturated heterocycles. The Morgan fingerprint density at radius 1 is 0.903 bits per heavy atom. The number of hydrogen-bond acceptors (Lipinski definition) is 4. The van der Waals surface area contributed by atoms with E-state index in [0.29, 0.717) is 35.8 Å². The Morgan fingerprint density at radius 2 is 1.55 bits per heavy atom. The molecule has 0 atom stereocenters. The number of anilines is 1. The van der Waals surface area contributed by atoms with Crippen molar-refractivity contribution in [3.05, 3.63) is 83.9 Å². The van der Waals surface area contributed by atoms with E-state index in [1.165, 1.54) is 28.6 Å². The first kappa shape index (κ1) is 21.1. The minimum atomic E-state index is -3.50. The topological polar surface area (TPSA) is 75.7 Å². The second-order valence-electron chi connectivity index (χ2n) is 7.50. The largest absolute Gasteiger partial charge is 0.455 e. The summed E-state index contributed by atoms with van der Waals surface area (Å²) in [5.74, 6) is 0.849. The number of benzene rings is 3. The van der Waals surface area contributed by atoms with Crippen LogP contribution in [-0.2, 0) is 10.0 Å². The van der Waals surface area contributed by atoms with E-state index in [2.05, 4.69) is 5.32 Å². The number of aryl methyl sites for hydroxylation is 1. The van der Waals surface area contributed by atoms with Crippen molar-refractivity contribution in [3.8, 4) is 11.5 Å². The van der Waals surface area contributed by atoms with Gasteiger partial charge in [-0.1, -0.05) is 29.8 Å². The summed E-state index contributed by atoms with van der Waals surface area (Å²) in [5.41, 5.74) is 2.02. The molecule has 0 aliphatic carbocycles. The van der Waals surface area contributed by atoms with Gasteiger partial charge < -0.3 is 10.1 Å². The van der Waals surface area contributed by atoms with E-state index in [9.17, 15) is 13.2 Å². The Bertz CT molecular complexity index is 1170. The van der Waals surface area contributed by atoms with Gasteiger partial charge in [0.25, 0.3) is 5.91 Å². The van der Waals surface area contributed by atoms with E-state index in [0.717, 1.165) is 18.4 Å². The SMILES string of the molecule is Cc1ccc(Oc2ccccc2NC(=O)c2ccc(S(=O)(=O)N3CCCC3)cc2)cc1. The third-order valence-corrected chi connectivity index (χ3v) is 7.12. The first-order chi connectivity index (χ1) is 14.9. The van der Waals surface area contributed by atoms with Crippen molar-refractivity contribution in [2.75, 3.05) is 18.4 Å². The normalized spacial score (nSPS) is 14.4. The van der Waals surface area contributed by atoms with Gasteiger partial charge in [-0.15, -0.1) is 0 Å². The number of carbonyl (C=O) groups is 1. The molecule has 0 unspecified atom stereocenters. The zero-order valence-electron chi connectivity index (χ0n) is 17.2. The molecule has 0 bridgehead atoms.